The Labute approximate surface area is 117 Å². The zero-order valence-electron chi connectivity index (χ0n) is 10.3. The molecule has 0 saturated carbocycles. The lowest BCUT2D eigenvalue weighted by molar-refractivity contribution is -0.388. The first-order chi connectivity index (χ1) is 9.58. The molecule has 10 heteroatoms. The lowest BCUT2D eigenvalue weighted by Gasteiger charge is -2.03. The minimum atomic E-state index is -0.647. The standard InChI is InChI=1S/C10H9N7O2S/c1-2-7-14-15-10(16(7)12)20-9-8(17(18)19)6(5-11)3-4-13-9/h3-4H,2,12H2,1H3. The van der Waals surface area contributed by atoms with E-state index in [1.54, 1.807) is 6.07 Å². The zero-order chi connectivity index (χ0) is 14.7. The van der Waals surface area contributed by atoms with E-state index in [2.05, 4.69) is 15.2 Å². The monoisotopic (exact) mass is 291 g/mol. The van der Waals surface area contributed by atoms with E-state index < -0.39 is 4.92 Å². The van der Waals surface area contributed by atoms with Gasteiger partial charge in [0.1, 0.15) is 11.6 Å². The molecule has 0 aliphatic carbocycles. The van der Waals surface area contributed by atoms with Gasteiger partial charge in [0.2, 0.25) is 5.16 Å². The highest BCUT2D eigenvalue weighted by molar-refractivity contribution is 7.99. The Morgan fingerprint density at radius 2 is 2.35 bits per heavy atom. The van der Waals surface area contributed by atoms with Crippen LogP contribution in [0.15, 0.2) is 22.4 Å². The Bertz CT molecular complexity index is 706. The highest BCUT2D eigenvalue weighted by Crippen LogP contribution is 2.33. The molecule has 2 N–H and O–H groups in total. The van der Waals surface area contributed by atoms with Crippen LogP contribution in [0.1, 0.15) is 18.3 Å². The van der Waals surface area contributed by atoms with Crippen molar-refractivity contribution < 1.29 is 4.92 Å². The van der Waals surface area contributed by atoms with Gasteiger partial charge in [0, 0.05) is 12.6 Å². The van der Waals surface area contributed by atoms with Gasteiger partial charge >= 0.3 is 5.69 Å². The molecule has 0 amide bonds. The van der Waals surface area contributed by atoms with Gasteiger partial charge in [-0.05, 0) is 17.8 Å². The molecule has 2 aromatic rings. The third-order valence-electron chi connectivity index (χ3n) is 2.43. The quantitative estimate of drug-likeness (QED) is 0.498. The fourth-order valence-corrected chi connectivity index (χ4v) is 2.33. The summed E-state index contributed by atoms with van der Waals surface area (Å²) in [5.74, 6) is 6.31. The minimum absolute atomic E-state index is 0.0517. The third kappa shape index (κ3) is 2.39. The van der Waals surface area contributed by atoms with Crippen LogP contribution in [0.5, 0.6) is 0 Å². The maximum Gasteiger partial charge on any atom is 0.319 e. The molecule has 0 saturated heterocycles. The number of hydrogen-bond acceptors (Lipinski definition) is 8. The first-order valence-electron chi connectivity index (χ1n) is 5.49. The van der Waals surface area contributed by atoms with Crippen LogP contribution in [0.2, 0.25) is 0 Å². The van der Waals surface area contributed by atoms with Crippen molar-refractivity contribution in [1.29, 1.82) is 5.26 Å². The van der Waals surface area contributed by atoms with Gasteiger partial charge in [0.15, 0.2) is 10.9 Å². The predicted molar refractivity (Wildman–Crippen MR) is 69.3 cm³/mol. The fraction of sp³-hybridized carbons (Fsp3) is 0.200. The number of rotatable bonds is 4. The Balaban J connectivity index is 2.46. The summed E-state index contributed by atoms with van der Waals surface area (Å²) >= 11 is 0.895. The van der Waals surface area contributed by atoms with Crippen molar-refractivity contribution in [2.75, 3.05) is 5.84 Å². The van der Waals surface area contributed by atoms with E-state index in [9.17, 15) is 10.1 Å². The Morgan fingerprint density at radius 3 is 2.90 bits per heavy atom. The van der Waals surface area contributed by atoms with E-state index in [1.807, 2.05) is 6.92 Å². The number of nitro groups is 1. The molecule has 0 bridgehead atoms. The lowest BCUT2D eigenvalue weighted by atomic mass is 10.2. The molecule has 2 heterocycles. The summed E-state index contributed by atoms with van der Waals surface area (Å²) in [5.41, 5.74) is -0.424. The first kappa shape index (κ1) is 13.8. The number of nitrogen functional groups attached to an aromatic ring is 1. The van der Waals surface area contributed by atoms with E-state index >= 15 is 0 Å². The molecule has 0 unspecified atom stereocenters. The van der Waals surface area contributed by atoms with Gasteiger partial charge in [-0.3, -0.25) is 10.1 Å². The number of pyridine rings is 1. The van der Waals surface area contributed by atoms with Crippen molar-refractivity contribution in [1.82, 2.24) is 19.9 Å². The smallest absolute Gasteiger partial charge is 0.319 e. The molecule has 0 atom stereocenters. The summed E-state index contributed by atoms with van der Waals surface area (Å²) < 4.78 is 1.25. The van der Waals surface area contributed by atoms with Crippen LogP contribution < -0.4 is 5.84 Å². The molecule has 0 aliphatic rings. The molecular formula is C10H9N7O2S. The molecule has 0 radical (unpaired) electrons. The van der Waals surface area contributed by atoms with E-state index in [0.717, 1.165) is 11.8 Å². The number of nitriles is 1. The Hall–Kier alpha value is -2.67. The van der Waals surface area contributed by atoms with Gasteiger partial charge in [0.05, 0.1) is 4.92 Å². The Kier molecular flexibility index (Phi) is 3.81. The van der Waals surface area contributed by atoms with Crippen LogP contribution in [0.4, 0.5) is 5.69 Å². The van der Waals surface area contributed by atoms with Gasteiger partial charge in [-0.15, -0.1) is 10.2 Å². The minimum Gasteiger partial charge on any atom is -0.336 e. The zero-order valence-corrected chi connectivity index (χ0v) is 11.2. The van der Waals surface area contributed by atoms with Crippen LogP contribution in [0.25, 0.3) is 0 Å². The third-order valence-corrected chi connectivity index (χ3v) is 3.39. The number of nitrogens with zero attached hydrogens (tertiary/aromatic N) is 6. The van der Waals surface area contributed by atoms with Crippen LogP contribution in [-0.4, -0.2) is 24.8 Å². The molecular weight excluding hydrogens is 282 g/mol. The van der Waals surface area contributed by atoms with Crippen LogP contribution in [-0.2, 0) is 6.42 Å². The molecule has 0 spiro atoms. The number of hydrogen-bond donors (Lipinski definition) is 1. The molecule has 2 rings (SSSR count). The van der Waals surface area contributed by atoms with Crippen molar-refractivity contribution in [2.45, 2.75) is 23.5 Å². The van der Waals surface area contributed by atoms with Gasteiger partial charge in [0.25, 0.3) is 0 Å². The maximum atomic E-state index is 11.1. The van der Waals surface area contributed by atoms with E-state index in [0.29, 0.717) is 12.2 Å². The molecule has 102 valence electrons. The van der Waals surface area contributed by atoms with Crippen molar-refractivity contribution >= 4 is 17.4 Å². The van der Waals surface area contributed by atoms with Gasteiger partial charge in [-0.2, -0.15) is 5.26 Å². The van der Waals surface area contributed by atoms with Crippen molar-refractivity contribution in [3.63, 3.8) is 0 Å². The second kappa shape index (κ2) is 5.54. The van der Waals surface area contributed by atoms with Crippen LogP contribution >= 0.6 is 11.8 Å². The van der Waals surface area contributed by atoms with Gasteiger partial charge in [-0.25, -0.2) is 9.66 Å². The summed E-state index contributed by atoms with van der Waals surface area (Å²) in [5, 5.41) is 28.0. The highest BCUT2D eigenvalue weighted by Gasteiger charge is 2.24. The second-order valence-electron chi connectivity index (χ2n) is 3.61. The molecule has 0 fully saturated rings. The maximum absolute atomic E-state index is 11.1. The molecule has 0 aliphatic heterocycles. The van der Waals surface area contributed by atoms with E-state index in [1.165, 1.54) is 16.9 Å². The van der Waals surface area contributed by atoms with Gasteiger partial charge in [-0.1, -0.05) is 6.92 Å². The topological polar surface area (TPSA) is 137 Å². The van der Waals surface area contributed by atoms with Crippen molar-refractivity contribution in [3.8, 4) is 6.07 Å². The van der Waals surface area contributed by atoms with E-state index in [4.69, 9.17) is 11.1 Å². The number of nitrogens with two attached hydrogens (primary N) is 1. The van der Waals surface area contributed by atoms with Crippen LogP contribution in [0, 0.1) is 21.4 Å². The summed E-state index contributed by atoms with van der Waals surface area (Å²) in [6.45, 7) is 1.86. The summed E-state index contributed by atoms with van der Waals surface area (Å²) in [6.07, 6.45) is 1.91. The fourth-order valence-electron chi connectivity index (χ4n) is 1.48. The Morgan fingerprint density at radius 1 is 1.60 bits per heavy atom. The molecule has 9 nitrogen and oxygen atoms in total. The predicted octanol–water partition coefficient (Wildman–Crippen LogP) is 0.880. The first-order valence-corrected chi connectivity index (χ1v) is 6.30. The van der Waals surface area contributed by atoms with Crippen LogP contribution in [0.3, 0.4) is 0 Å². The summed E-state index contributed by atoms with van der Waals surface area (Å²) in [7, 11) is 0. The molecule has 2 aromatic heterocycles. The largest absolute Gasteiger partial charge is 0.336 e. The molecule has 0 aromatic carbocycles. The highest BCUT2D eigenvalue weighted by atomic mass is 32.2. The normalized spacial score (nSPS) is 10.2. The van der Waals surface area contributed by atoms with Crippen molar-refractivity contribution in [2.24, 2.45) is 0 Å². The van der Waals surface area contributed by atoms with Crippen molar-refractivity contribution in [3.05, 3.63) is 33.8 Å². The lowest BCUT2D eigenvalue weighted by Crippen LogP contribution is -2.13. The average molecular weight is 291 g/mol. The van der Waals surface area contributed by atoms with Gasteiger partial charge < -0.3 is 5.84 Å². The molecule has 20 heavy (non-hydrogen) atoms. The summed E-state index contributed by atoms with van der Waals surface area (Å²) in [4.78, 5) is 14.3. The second-order valence-corrected chi connectivity index (χ2v) is 4.56. The SMILES string of the molecule is CCc1nnc(Sc2nccc(C#N)c2[N+](=O)[O-])n1N. The average Bonchev–Trinajstić information content (AvgIpc) is 2.79. The number of aryl methyl sites for hydroxylation is 1. The number of aromatic nitrogens is 4. The van der Waals surface area contributed by atoms with E-state index in [-0.39, 0.29) is 21.4 Å². The summed E-state index contributed by atoms with van der Waals surface area (Å²) in [6, 6.07) is 3.05.